The van der Waals surface area contributed by atoms with Crippen molar-refractivity contribution in [1.29, 1.82) is 0 Å². The molecule has 3 nitrogen and oxygen atoms in total. The van der Waals surface area contributed by atoms with E-state index in [1.807, 2.05) is 18.2 Å². The van der Waals surface area contributed by atoms with Crippen molar-refractivity contribution in [2.24, 2.45) is 5.92 Å². The van der Waals surface area contributed by atoms with Gasteiger partial charge in [-0.15, -0.1) is 0 Å². The van der Waals surface area contributed by atoms with Crippen molar-refractivity contribution >= 4 is 0 Å². The van der Waals surface area contributed by atoms with E-state index in [0.29, 0.717) is 18.3 Å². The lowest BCUT2D eigenvalue weighted by atomic mass is 10.0. The van der Waals surface area contributed by atoms with E-state index >= 15 is 0 Å². The number of benzene rings is 1. The van der Waals surface area contributed by atoms with Gasteiger partial charge in [-0.1, -0.05) is 36.8 Å². The molecule has 0 radical (unpaired) electrons. The van der Waals surface area contributed by atoms with Crippen LogP contribution in [0, 0.1) is 5.92 Å². The first kappa shape index (κ1) is 19.7. The Morgan fingerprint density at radius 2 is 1.76 bits per heavy atom. The summed E-state index contributed by atoms with van der Waals surface area (Å²) in [6, 6.07) is 9.21. The molecule has 21 heavy (non-hydrogen) atoms. The fourth-order valence-electron chi connectivity index (χ4n) is 1.72. The lowest BCUT2D eigenvalue weighted by molar-refractivity contribution is -0.000289. The molecule has 0 aliphatic heterocycles. The minimum absolute atomic E-state index is 0.329. The molecular weight excluding hydrogens is 264 g/mol. The van der Waals surface area contributed by atoms with Gasteiger partial charge in [0.1, 0.15) is 5.75 Å². The van der Waals surface area contributed by atoms with Gasteiger partial charge in [0.25, 0.3) is 0 Å². The molecule has 1 rings (SSSR count). The van der Waals surface area contributed by atoms with Crippen LogP contribution in [0.4, 0.5) is 0 Å². The average Bonchev–Trinajstić information content (AvgIpc) is 2.39. The summed E-state index contributed by atoms with van der Waals surface area (Å²) in [6.45, 7) is 8.34. The predicted octanol–water partition coefficient (Wildman–Crippen LogP) is 4.16. The van der Waals surface area contributed by atoms with Crippen molar-refractivity contribution in [3.05, 3.63) is 42.0 Å². The lowest BCUT2D eigenvalue weighted by Gasteiger charge is -2.06. The SMILES string of the molecule is CC(C)=CCCC(C)CCO.CC(O)Oc1ccccc1. The van der Waals surface area contributed by atoms with E-state index < -0.39 is 6.29 Å². The van der Waals surface area contributed by atoms with Crippen LogP contribution >= 0.6 is 0 Å². The van der Waals surface area contributed by atoms with Crippen molar-refractivity contribution in [2.45, 2.75) is 53.2 Å². The summed E-state index contributed by atoms with van der Waals surface area (Å²) >= 11 is 0. The van der Waals surface area contributed by atoms with Crippen molar-refractivity contribution in [1.82, 2.24) is 0 Å². The average molecular weight is 294 g/mol. The number of para-hydroxylation sites is 1. The normalized spacial score (nSPS) is 12.7. The van der Waals surface area contributed by atoms with Gasteiger partial charge in [-0.2, -0.15) is 0 Å². The number of aliphatic hydroxyl groups excluding tert-OH is 2. The number of allylic oxidation sites excluding steroid dienone is 2. The molecule has 0 spiro atoms. The van der Waals surface area contributed by atoms with Crippen LogP contribution in [0.5, 0.6) is 5.75 Å². The number of hydrogen-bond acceptors (Lipinski definition) is 3. The van der Waals surface area contributed by atoms with Crippen LogP contribution in [0.3, 0.4) is 0 Å². The summed E-state index contributed by atoms with van der Waals surface area (Å²) < 4.78 is 4.97. The van der Waals surface area contributed by atoms with E-state index in [9.17, 15) is 0 Å². The molecule has 2 unspecified atom stereocenters. The molecule has 0 amide bonds. The first-order valence-corrected chi connectivity index (χ1v) is 7.59. The van der Waals surface area contributed by atoms with Gasteiger partial charge in [0.2, 0.25) is 0 Å². The van der Waals surface area contributed by atoms with Gasteiger partial charge < -0.3 is 14.9 Å². The van der Waals surface area contributed by atoms with Gasteiger partial charge in [-0.3, -0.25) is 0 Å². The molecule has 0 fully saturated rings. The van der Waals surface area contributed by atoms with E-state index in [0.717, 1.165) is 12.8 Å². The molecule has 3 heteroatoms. The molecule has 0 saturated heterocycles. The second kappa shape index (κ2) is 12.4. The van der Waals surface area contributed by atoms with Crippen LogP contribution in [0.1, 0.15) is 47.0 Å². The maximum atomic E-state index is 8.78. The third-order valence-electron chi connectivity index (χ3n) is 2.88. The zero-order chi connectivity index (χ0) is 16.1. The summed E-state index contributed by atoms with van der Waals surface area (Å²) in [5.74, 6) is 1.35. The fourth-order valence-corrected chi connectivity index (χ4v) is 1.72. The van der Waals surface area contributed by atoms with Crippen LogP contribution in [-0.2, 0) is 0 Å². The quantitative estimate of drug-likeness (QED) is 0.586. The zero-order valence-electron chi connectivity index (χ0n) is 13.7. The molecule has 1 aromatic rings. The van der Waals surface area contributed by atoms with Gasteiger partial charge >= 0.3 is 0 Å². The smallest absolute Gasteiger partial charge is 0.194 e. The Bertz CT molecular complexity index is 367. The van der Waals surface area contributed by atoms with E-state index in [2.05, 4.69) is 26.8 Å². The Morgan fingerprint density at radius 3 is 2.24 bits per heavy atom. The first-order chi connectivity index (χ1) is 9.95. The Balaban J connectivity index is 0.000000382. The zero-order valence-corrected chi connectivity index (χ0v) is 13.7. The monoisotopic (exact) mass is 294 g/mol. The summed E-state index contributed by atoms with van der Waals surface area (Å²) in [5, 5.41) is 17.4. The largest absolute Gasteiger partial charge is 0.465 e. The van der Waals surface area contributed by atoms with E-state index in [-0.39, 0.29) is 0 Å². The van der Waals surface area contributed by atoms with Gasteiger partial charge in [-0.25, -0.2) is 0 Å². The number of aliphatic hydroxyl groups is 2. The second-order valence-corrected chi connectivity index (χ2v) is 5.51. The molecule has 2 N–H and O–H groups in total. The van der Waals surface area contributed by atoms with E-state index in [4.69, 9.17) is 14.9 Å². The maximum Gasteiger partial charge on any atom is 0.194 e. The number of rotatable bonds is 7. The van der Waals surface area contributed by atoms with E-state index in [1.54, 1.807) is 19.1 Å². The molecule has 0 saturated carbocycles. The Kier molecular flexibility index (Phi) is 11.6. The molecule has 0 heterocycles. The summed E-state index contributed by atoms with van der Waals surface area (Å²) in [4.78, 5) is 0. The first-order valence-electron chi connectivity index (χ1n) is 7.59. The van der Waals surface area contributed by atoms with Crippen molar-refractivity contribution in [3.63, 3.8) is 0 Å². The molecule has 0 aromatic heterocycles. The molecule has 1 aromatic carbocycles. The highest BCUT2D eigenvalue weighted by Crippen LogP contribution is 2.10. The summed E-state index contributed by atoms with van der Waals surface area (Å²) in [6.07, 6.45) is 4.82. The Morgan fingerprint density at radius 1 is 1.14 bits per heavy atom. The van der Waals surface area contributed by atoms with Crippen molar-refractivity contribution < 1.29 is 14.9 Å². The van der Waals surface area contributed by atoms with Gasteiger partial charge in [0, 0.05) is 6.61 Å². The molecule has 0 aliphatic rings. The standard InChI is InChI=1S/C10H20O.C8H10O2/c1-9(2)5-4-6-10(3)7-8-11;1-7(9)10-8-5-3-2-4-6-8/h5,10-11H,4,6-8H2,1-3H3;2-7,9H,1H3. The van der Waals surface area contributed by atoms with Crippen LogP contribution in [0.2, 0.25) is 0 Å². The molecule has 2 atom stereocenters. The second-order valence-electron chi connectivity index (χ2n) is 5.51. The van der Waals surface area contributed by atoms with Crippen LogP contribution in [0.15, 0.2) is 42.0 Å². The highest BCUT2D eigenvalue weighted by atomic mass is 16.6. The maximum absolute atomic E-state index is 8.78. The summed E-state index contributed by atoms with van der Waals surface area (Å²) in [7, 11) is 0. The van der Waals surface area contributed by atoms with Gasteiger partial charge in [0.05, 0.1) is 0 Å². The predicted molar refractivity (Wildman–Crippen MR) is 88.3 cm³/mol. The van der Waals surface area contributed by atoms with E-state index in [1.165, 1.54) is 12.0 Å². The Labute approximate surface area is 129 Å². The Hall–Kier alpha value is -1.32. The summed E-state index contributed by atoms with van der Waals surface area (Å²) in [5.41, 5.74) is 1.39. The molecule has 0 bridgehead atoms. The molecular formula is C18H30O3. The lowest BCUT2D eigenvalue weighted by Crippen LogP contribution is -2.08. The third kappa shape index (κ3) is 13.4. The highest BCUT2D eigenvalue weighted by molar-refractivity contribution is 5.20. The van der Waals surface area contributed by atoms with Gasteiger partial charge in [-0.05, 0) is 58.1 Å². The van der Waals surface area contributed by atoms with Gasteiger partial charge in [0.15, 0.2) is 6.29 Å². The van der Waals surface area contributed by atoms with Crippen molar-refractivity contribution in [3.8, 4) is 5.75 Å². The van der Waals surface area contributed by atoms with Crippen LogP contribution in [0.25, 0.3) is 0 Å². The number of ether oxygens (including phenoxy) is 1. The van der Waals surface area contributed by atoms with Crippen LogP contribution in [-0.4, -0.2) is 23.1 Å². The molecule has 120 valence electrons. The third-order valence-corrected chi connectivity index (χ3v) is 2.88. The minimum Gasteiger partial charge on any atom is -0.465 e. The topological polar surface area (TPSA) is 49.7 Å². The minimum atomic E-state index is -0.734. The van der Waals surface area contributed by atoms with Crippen molar-refractivity contribution in [2.75, 3.05) is 6.61 Å². The number of hydrogen-bond donors (Lipinski definition) is 2. The van der Waals surface area contributed by atoms with Crippen LogP contribution < -0.4 is 4.74 Å². The molecule has 0 aliphatic carbocycles. The highest BCUT2D eigenvalue weighted by Gasteiger charge is 1.98. The fraction of sp³-hybridized carbons (Fsp3) is 0.556.